The van der Waals surface area contributed by atoms with Crippen molar-refractivity contribution in [2.45, 2.75) is 53.9 Å². The second-order valence-electron chi connectivity index (χ2n) is 10.9. The van der Waals surface area contributed by atoms with Gasteiger partial charge < -0.3 is 10.2 Å². The molecule has 268 valence electrons. The normalized spacial score (nSPS) is 9.67. The Morgan fingerprint density at radius 3 is 1.24 bits per heavy atom. The van der Waals surface area contributed by atoms with Crippen LogP contribution in [-0.4, -0.2) is 42.5 Å². The summed E-state index contributed by atoms with van der Waals surface area (Å²) in [5.74, 6) is -1.07. The Balaban J connectivity index is 0.000000341. The average Bonchev–Trinajstić information content (AvgIpc) is 3.01. The third kappa shape index (κ3) is 13.1. The van der Waals surface area contributed by atoms with Crippen LogP contribution in [0.2, 0.25) is 0 Å². The van der Waals surface area contributed by atoms with Crippen LogP contribution in [0.3, 0.4) is 0 Å². The van der Waals surface area contributed by atoms with Crippen molar-refractivity contribution in [2.24, 2.45) is 0 Å². The summed E-state index contributed by atoms with van der Waals surface area (Å²) >= 11 is 0. The number of nitro groups is 4. The number of rotatable bonds is 9. The van der Waals surface area contributed by atoms with Crippen LogP contribution in [0.15, 0.2) is 72.8 Å². The molecule has 4 aromatic carbocycles. The molecule has 0 aliphatic rings. The van der Waals surface area contributed by atoms with E-state index < -0.39 is 20.7 Å². The Labute approximate surface area is 292 Å². The lowest BCUT2D eigenvalue weighted by Crippen LogP contribution is -2.04. The van der Waals surface area contributed by atoms with Crippen molar-refractivity contribution in [1.82, 2.24) is 0 Å². The van der Waals surface area contributed by atoms with Crippen molar-refractivity contribution in [3.8, 4) is 6.07 Å². The molecular formula is C35H37N5O11. The van der Waals surface area contributed by atoms with Gasteiger partial charge in [-0.3, -0.25) is 45.3 Å². The molecule has 0 aliphatic heterocycles. The first-order valence-corrected chi connectivity index (χ1v) is 15.1. The van der Waals surface area contributed by atoms with E-state index in [1.165, 1.54) is 6.07 Å². The Kier molecular flexibility index (Phi) is 17.2. The predicted octanol–water partition coefficient (Wildman–Crippen LogP) is 7.15. The van der Waals surface area contributed by atoms with Crippen molar-refractivity contribution in [3.05, 3.63) is 158 Å². The smallest absolute Gasteiger partial charge is 0.308 e. The predicted molar refractivity (Wildman–Crippen MR) is 188 cm³/mol. The van der Waals surface area contributed by atoms with Gasteiger partial charge in [-0.2, -0.15) is 5.26 Å². The van der Waals surface area contributed by atoms with Gasteiger partial charge in [-0.25, -0.2) is 0 Å². The molecule has 4 rings (SSSR count). The largest absolute Gasteiger partial charge is 0.481 e. The van der Waals surface area contributed by atoms with Crippen LogP contribution >= 0.6 is 0 Å². The van der Waals surface area contributed by atoms with Crippen LogP contribution in [0.25, 0.3) is 0 Å². The number of benzene rings is 4. The number of para-hydroxylation sites is 4. The summed E-state index contributed by atoms with van der Waals surface area (Å²) in [4.78, 5) is 51.0. The van der Waals surface area contributed by atoms with Crippen LogP contribution in [0.5, 0.6) is 0 Å². The molecule has 0 radical (unpaired) electrons. The summed E-state index contributed by atoms with van der Waals surface area (Å²) in [6.45, 7) is 8.36. The number of hydrogen-bond donors (Lipinski definition) is 2. The number of nitrogens with zero attached hydrogens (tertiary/aromatic N) is 5. The zero-order valence-corrected chi connectivity index (χ0v) is 28.6. The van der Waals surface area contributed by atoms with E-state index in [0.29, 0.717) is 34.2 Å². The van der Waals surface area contributed by atoms with Gasteiger partial charge >= 0.3 is 5.97 Å². The number of aliphatic hydroxyl groups is 1. The summed E-state index contributed by atoms with van der Waals surface area (Å²) in [7, 11) is 0. The Hall–Kier alpha value is -6.60. The molecule has 2 N–H and O–H groups in total. The van der Waals surface area contributed by atoms with Crippen LogP contribution in [0.1, 0.15) is 44.5 Å². The average molecular weight is 704 g/mol. The summed E-state index contributed by atoms with van der Waals surface area (Å²) in [6.07, 6.45) is 0.0912. The van der Waals surface area contributed by atoms with Crippen molar-refractivity contribution < 1.29 is 34.7 Å². The monoisotopic (exact) mass is 703 g/mol. The summed E-state index contributed by atoms with van der Waals surface area (Å²) < 4.78 is 0. The number of nitro benzene ring substituents is 4. The van der Waals surface area contributed by atoms with E-state index >= 15 is 0 Å². The number of aliphatic carboxylic acids is 1. The number of carboxylic acids is 1. The highest BCUT2D eigenvalue weighted by Gasteiger charge is 2.19. The van der Waals surface area contributed by atoms with Crippen LogP contribution in [-0.2, 0) is 24.1 Å². The van der Waals surface area contributed by atoms with Crippen molar-refractivity contribution in [2.75, 3.05) is 6.61 Å². The first-order chi connectivity index (χ1) is 24.0. The fourth-order valence-electron chi connectivity index (χ4n) is 4.89. The maximum absolute atomic E-state index is 10.6. The standard InChI is InChI=1S/C9H8N2O2.C9H9NO4.C9H11NO3.C8H9NO2/c1-7-3-2-4-8(5-6-10)9(7)11(12)13;1-6-3-2-4-7(5-8(11)12)9(6)10(13)14;1-7-3-2-4-8(5-6-11)9(7)10(12)13;1-6-4-3-5-7(2)8(6)9(10)11/h2-4H,5H2,1H3;2-4H,5H2,1H3,(H,11,12);2-4,11H,5-6H2,1H3;3-5H,1-2H3. The van der Waals surface area contributed by atoms with Gasteiger partial charge in [0.2, 0.25) is 0 Å². The third-order valence-electron chi connectivity index (χ3n) is 7.13. The number of aryl methyl sites for hydroxylation is 5. The zero-order valence-electron chi connectivity index (χ0n) is 28.6. The Morgan fingerprint density at radius 1 is 0.588 bits per heavy atom. The van der Waals surface area contributed by atoms with E-state index in [1.807, 2.05) is 12.1 Å². The van der Waals surface area contributed by atoms with Gasteiger partial charge in [0.05, 0.1) is 38.6 Å². The van der Waals surface area contributed by atoms with Gasteiger partial charge in [-0.15, -0.1) is 0 Å². The topological polar surface area (TPSA) is 254 Å². The minimum absolute atomic E-state index is 0.0593. The highest BCUT2D eigenvalue weighted by Crippen LogP contribution is 2.25. The van der Waals surface area contributed by atoms with E-state index in [-0.39, 0.29) is 52.7 Å². The molecule has 0 amide bonds. The number of carboxylic acid groups (broad SMARTS) is 1. The SMILES string of the molecule is Cc1cccc(C)c1[N+](=O)[O-].Cc1cccc(CC#N)c1[N+](=O)[O-].Cc1cccc(CC(=O)O)c1[N+](=O)[O-].Cc1cccc(CCO)c1[N+](=O)[O-]. The molecule has 0 unspecified atom stereocenters. The van der Waals surface area contributed by atoms with Gasteiger partial charge in [-0.05, 0) is 34.6 Å². The summed E-state index contributed by atoms with van der Waals surface area (Å²) in [6, 6.07) is 22.0. The maximum atomic E-state index is 10.6. The molecule has 0 bridgehead atoms. The van der Waals surface area contributed by atoms with Crippen molar-refractivity contribution >= 4 is 28.7 Å². The van der Waals surface area contributed by atoms with Gasteiger partial charge in [0.25, 0.3) is 22.7 Å². The van der Waals surface area contributed by atoms with Gasteiger partial charge in [0.1, 0.15) is 0 Å². The van der Waals surface area contributed by atoms with Crippen molar-refractivity contribution in [3.63, 3.8) is 0 Å². The first-order valence-electron chi connectivity index (χ1n) is 15.1. The lowest BCUT2D eigenvalue weighted by Gasteiger charge is -2.02. The van der Waals surface area contributed by atoms with Crippen LogP contribution < -0.4 is 0 Å². The van der Waals surface area contributed by atoms with Crippen LogP contribution in [0, 0.1) is 86.4 Å². The maximum Gasteiger partial charge on any atom is 0.308 e. The summed E-state index contributed by atoms with van der Waals surface area (Å²) in [5, 5.41) is 68.0. The van der Waals surface area contributed by atoms with E-state index in [1.54, 1.807) is 95.3 Å². The first kappa shape index (κ1) is 42.4. The second-order valence-corrected chi connectivity index (χ2v) is 10.9. The molecule has 0 fully saturated rings. The third-order valence-corrected chi connectivity index (χ3v) is 7.13. The molecule has 0 aliphatic carbocycles. The number of hydrogen-bond acceptors (Lipinski definition) is 11. The minimum atomic E-state index is -1.07. The molecular weight excluding hydrogens is 666 g/mol. The highest BCUT2D eigenvalue weighted by atomic mass is 16.6. The quantitative estimate of drug-likeness (QED) is 0.130. The molecule has 0 saturated heterocycles. The van der Waals surface area contributed by atoms with Gasteiger partial charge in [0, 0.05) is 57.5 Å². The second kappa shape index (κ2) is 20.7. The molecule has 0 atom stereocenters. The zero-order chi connectivity index (χ0) is 38.8. The van der Waals surface area contributed by atoms with E-state index in [9.17, 15) is 45.3 Å². The molecule has 0 spiro atoms. The molecule has 0 heterocycles. The number of carbonyl (C=O) groups is 1. The van der Waals surface area contributed by atoms with Crippen molar-refractivity contribution in [1.29, 1.82) is 5.26 Å². The molecule has 0 aromatic heterocycles. The van der Waals surface area contributed by atoms with E-state index in [0.717, 1.165) is 11.1 Å². The fourth-order valence-corrected chi connectivity index (χ4v) is 4.89. The van der Waals surface area contributed by atoms with E-state index in [2.05, 4.69) is 0 Å². The molecule has 16 nitrogen and oxygen atoms in total. The van der Waals surface area contributed by atoms with Gasteiger partial charge in [0.15, 0.2) is 0 Å². The highest BCUT2D eigenvalue weighted by molar-refractivity contribution is 5.72. The Bertz CT molecular complexity index is 1920. The van der Waals surface area contributed by atoms with Gasteiger partial charge in [-0.1, -0.05) is 72.8 Å². The molecule has 0 saturated carbocycles. The van der Waals surface area contributed by atoms with E-state index in [4.69, 9.17) is 15.5 Å². The number of nitriles is 1. The van der Waals surface area contributed by atoms with Crippen LogP contribution in [0.4, 0.5) is 22.7 Å². The number of aliphatic hydroxyl groups excluding tert-OH is 1. The lowest BCUT2D eigenvalue weighted by atomic mass is 10.1. The molecule has 4 aromatic rings. The molecule has 16 heteroatoms. The Morgan fingerprint density at radius 2 is 0.902 bits per heavy atom. The lowest BCUT2D eigenvalue weighted by molar-refractivity contribution is -0.386. The molecule has 51 heavy (non-hydrogen) atoms. The summed E-state index contributed by atoms with van der Waals surface area (Å²) in [5.41, 5.74) is 4.76. The minimum Gasteiger partial charge on any atom is -0.481 e. The fraction of sp³-hybridized carbons (Fsp3) is 0.257.